The predicted molar refractivity (Wildman–Crippen MR) is 124 cm³/mol. The summed E-state index contributed by atoms with van der Waals surface area (Å²) in [5.74, 6) is 1.57. The standard InChI is InChI=1S/C25H30FN5O2/c1-16-24(26)21(30-17(2)29-16)13-18-3-5-20(6-4-18)33-23-15-19(31-9-11-32-12-10-31)14-22-25(23)28-8-7-27-22/h7-8,14-15,18,20H,3-6,9-13H2,1-2H3. The average molecular weight is 452 g/mol. The number of hydrogen-bond donors (Lipinski definition) is 0. The highest BCUT2D eigenvalue weighted by Crippen LogP contribution is 2.34. The van der Waals surface area contributed by atoms with Crippen molar-refractivity contribution in [2.24, 2.45) is 5.92 Å². The van der Waals surface area contributed by atoms with E-state index in [2.05, 4.69) is 37.0 Å². The van der Waals surface area contributed by atoms with Gasteiger partial charge in [-0.05, 0) is 57.9 Å². The Kier molecular flexibility index (Phi) is 6.35. The summed E-state index contributed by atoms with van der Waals surface area (Å²) in [6.07, 6.45) is 8.03. The molecule has 8 heteroatoms. The molecule has 3 aromatic rings. The van der Waals surface area contributed by atoms with Crippen LogP contribution < -0.4 is 9.64 Å². The summed E-state index contributed by atoms with van der Waals surface area (Å²) in [5.41, 5.74) is 3.72. The first kappa shape index (κ1) is 21.9. The Hall–Kier alpha value is -2.87. The van der Waals surface area contributed by atoms with E-state index in [0.717, 1.165) is 74.5 Å². The number of anilines is 1. The lowest BCUT2D eigenvalue weighted by molar-refractivity contribution is 0.122. The summed E-state index contributed by atoms with van der Waals surface area (Å²) >= 11 is 0. The van der Waals surface area contributed by atoms with Gasteiger partial charge in [0.2, 0.25) is 0 Å². The van der Waals surface area contributed by atoms with E-state index in [1.165, 1.54) is 0 Å². The van der Waals surface area contributed by atoms with Crippen LogP contribution in [-0.4, -0.2) is 52.3 Å². The van der Waals surface area contributed by atoms with E-state index in [1.54, 1.807) is 19.3 Å². The summed E-state index contributed by atoms with van der Waals surface area (Å²) in [5, 5.41) is 0. The van der Waals surface area contributed by atoms with Crippen LogP contribution in [0.2, 0.25) is 0 Å². The van der Waals surface area contributed by atoms with Crippen LogP contribution in [0, 0.1) is 25.6 Å². The summed E-state index contributed by atoms with van der Waals surface area (Å²) in [7, 11) is 0. The van der Waals surface area contributed by atoms with Crippen molar-refractivity contribution in [3.05, 3.63) is 47.6 Å². The normalized spacial score (nSPS) is 21.4. The van der Waals surface area contributed by atoms with Crippen molar-refractivity contribution in [3.8, 4) is 5.75 Å². The zero-order valence-electron chi connectivity index (χ0n) is 19.3. The largest absolute Gasteiger partial charge is 0.488 e. The molecule has 1 aliphatic carbocycles. The number of benzene rings is 1. The number of morpholine rings is 1. The lowest BCUT2D eigenvalue weighted by Gasteiger charge is -2.31. The summed E-state index contributed by atoms with van der Waals surface area (Å²) in [6.45, 7) is 6.69. The van der Waals surface area contributed by atoms with E-state index in [0.29, 0.717) is 29.6 Å². The molecule has 2 aromatic heterocycles. The van der Waals surface area contributed by atoms with E-state index in [4.69, 9.17) is 9.47 Å². The number of aromatic nitrogens is 4. The highest BCUT2D eigenvalue weighted by molar-refractivity contribution is 5.85. The van der Waals surface area contributed by atoms with Gasteiger partial charge < -0.3 is 14.4 Å². The molecule has 1 aliphatic heterocycles. The highest BCUT2D eigenvalue weighted by atomic mass is 19.1. The molecule has 5 rings (SSSR count). The number of halogens is 1. The molecule has 0 bridgehead atoms. The second-order valence-electron chi connectivity index (χ2n) is 9.05. The molecule has 0 N–H and O–H groups in total. The Morgan fingerprint density at radius 3 is 2.58 bits per heavy atom. The zero-order chi connectivity index (χ0) is 22.8. The molecule has 33 heavy (non-hydrogen) atoms. The average Bonchev–Trinajstić information content (AvgIpc) is 2.84. The Balaban J connectivity index is 1.28. The van der Waals surface area contributed by atoms with Gasteiger partial charge in [-0.15, -0.1) is 0 Å². The van der Waals surface area contributed by atoms with Gasteiger partial charge in [0, 0.05) is 37.2 Å². The number of aryl methyl sites for hydroxylation is 2. The van der Waals surface area contributed by atoms with E-state index >= 15 is 0 Å². The minimum Gasteiger partial charge on any atom is -0.488 e. The minimum atomic E-state index is -0.260. The van der Waals surface area contributed by atoms with Crippen LogP contribution >= 0.6 is 0 Å². The molecular weight excluding hydrogens is 421 g/mol. The topological polar surface area (TPSA) is 73.3 Å². The van der Waals surface area contributed by atoms with Crippen molar-refractivity contribution in [2.45, 2.75) is 52.1 Å². The van der Waals surface area contributed by atoms with Gasteiger partial charge in [-0.25, -0.2) is 19.3 Å². The van der Waals surface area contributed by atoms with Crippen LogP contribution in [0.5, 0.6) is 5.75 Å². The number of rotatable bonds is 5. The molecule has 1 saturated heterocycles. The van der Waals surface area contributed by atoms with E-state index in [-0.39, 0.29) is 11.9 Å². The fourth-order valence-corrected chi connectivity index (χ4v) is 4.93. The molecule has 0 amide bonds. The number of hydrogen-bond acceptors (Lipinski definition) is 7. The first-order valence-electron chi connectivity index (χ1n) is 11.8. The van der Waals surface area contributed by atoms with Crippen LogP contribution in [0.3, 0.4) is 0 Å². The molecule has 1 saturated carbocycles. The molecule has 1 aromatic carbocycles. The van der Waals surface area contributed by atoms with Gasteiger partial charge in [0.25, 0.3) is 0 Å². The van der Waals surface area contributed by atoms with Crippen molar-refractivity contribution < 1.29 is 13.9 Å². The van der Waals surface area contributed by atoms with Gasteiger partial charge in [0.15, 0.2) is 5.82 Å². The van der Waals surface area contributed by atoms with Crippen molar-refractivity contribution >= 4 is 16.7 Å². The summed E-state index contributed by atoms with van der Waals surface area (Å²) < 4.78 is 26.5. The molecule has 2 fully saturated rings. The quantitative estimate of drug-likeness (QED) is 0.576. The van der Waals surface area contributed by atoms with Gasteiger partial charge in [-0.2, -0.15) is 0 Å². The van der Waals surface area contributed by atoms with E-state index in [9.17, 15) is 4.39 Å². The summed E-state index contributed by atoms with van der Waals surface area (Å²) in [4.78, 5) is 19.9. The number of fused-ring (bicyclic) bond motifs is 1. The van der Waals surface area contributed by atoms with Crippen molar-refractivity contribution in [3.63, 3.8) is 0 Å². The van der Waals surface area contributed by atoms with Crippen molar-refractivity contribution in [1.29, 1.82) is 0 Å². The molecule has 2 aliphatic rings. The molecule has 7 nitrogen and oxygen atoms in total. The van der Waals surface area contributed by atoms with Crippen LogP contribution in [0.1, 0.15) is 42.9 Å². The molecule has 0 unspecified atom stereocenters. The van der Waals surface area contributed by atoms with Gasteiger partial charge in [0.05, 0.1) is 36.2 Å². The second-order valence-corrected chi connectivity index (χ2v) is 9.05. The summed E-state index contributed by atoms with van der Waals surface area (Å²) in [6, 6.07) is 4.17. The molecule has 0 spiro atoms. The van der Waals surface area contributed by atoms with E-state index in [1.807, 2.05) is 6.92 Å². The SMILES string of the molecule is Cc1nc(C)c(F)c(CC2CCC(Oc3cc(N4CCOCC4)cc4nccnc34)CC2)n1. The Labute approximate surface area is 193 Å². The maximum atomic E-state index is 14.5. The maximum absolute atomic E-state index is 14.5. The Bertz CT molecular complexity index is 1130. The van der Waals surface area contributed by atoms with Gasteiger partial charge in [0.1, 0.15) is 17.1 Å². The molecule has 174 valence electrons. The molecule has 0 radical (unpaired) electrons. The van der Waals surface area contributed by atoms with Gasteiger partial charge >= 0.3 is 0 Å². The van der Waals surface area contributed by atoms with E-state index < -0.39 is 0 Å². The molecule has 3 heterocycles. The smallest absolute Gasteiger partial charge is 0.165 e. The predicted octanol–water partition coefficient (Wildman–Crippen LogP) is 4.19. The lowest BCUT2D eigenvalue weighted by Crippen LogP contribution is -2.36. The number of ether oxygens (including phenoxy) is 2. The molecule has 0 atom stereocenters. The maximum Gasteiger partial charge on any atom is 0.165 e. The first-order valence-corrected chi connectivity index (χ1v) is 11.8. The van der Waals surface area contributed by atoms with Gasteiger partial charge in [-0.1, -0.05) is 0 Å². The Morgan fingerprint density at radius 2 is 1.79 bits per heavy atom. The van der Waals surface area contributed by atoms with Crippen LogP contribution in [-0.2, 0) is 11.2 Å². The first-order chi connectivity index (χ1) is 16.1. The third-order valence-electron chi connectivity index (χ3n) is 6.67. The third kappa shape index (κ3) is 4.90. The monoisotopic (exact) mass is 451 g/mol. The minimum absolute atomic E-state index is 0.116. The zero-order valence-corrected chi connectivity index (χ0v) is 19.3. The number of nitrogens with zero attached hydrogens (tertiary/aromatic N) is 5. The second kappa shape index (κ2) is 9.55. The van der Waals surface area contributed by atoms with Crippen LogP contribution in [0.4, 0.5) is 10.1 Å². The fourth-order valence-electron chi connectivity index (χ4n) is 4.93. The Morgan fingerprint density at radius 1 is 1.03 bits per heavy atom. The van der Waals surface area contributed by atoms with Gasteiger partial charge in [-0.3, -0.25) is 4.98 Å². The third-order valence-corrected chi connectivity index (χ3v) is 6.67. The van der Waals surface area contributed by atoms with Crippen LogP contribution in [0.25, 0.3) is 11.0 Å². The van der Waals surface area contributed by atoms with Crippen LogP contribution in [0.15, 0.2) is 24.5 Å². The molecular formula is C25H30FN5O2. The van der Waals surface area contributed by atoms with Crippen molar-refractivity contribution in [1.82, 2.24) is 19.9 Å². The lowest BCUT2D eigenvalue weighted by atomic mass is 9.84. The fraction of sp³-hybridized carbons (Fsp3) is 0.520. The highest BCUT2D eigenvalue weighted by Gasteiger charge is 2.26. The van der Waals surface area contributed by atoms with Crippen molar-refractivity contribution in [2.75, 3.05) is 31.2 Å².